The number of nitrogens with one attached hydrogen (secondary N) is 1. The molecule has 0 saturated carbocycles. The molecule has 0 radical (unpaired) electrons. The van der Waals surface area contributed by atoms with Crippen molar-refractivity contribution in [2.45, 2.75) is 72.1 Å². The van der Waals surface area contributed by atoms with Gasteiger partial charge >= 0.3 is 0 Å². The van der Waals surface area contributed by atoms with Crippen LogP contribution in [-0.2, 0) is 18.6 Å². The molecule has 1 aromatic carbocycles. The monoisotopic (exact) mass is 448 g/mol. The number of furan rings is 1. The normalized spacial score (nSPS) is 13.2. The number of tetrazole rings is 1. The summed E-state index contributed by atoms with van der Waals surface area (Å²) in [4.78, 5) is 18.3. The number of aromatic amines is 1. The number of H-pyrrole nitrogens is 1. The van der Waals surface area contributed by atoms with Crippen LogP contribution in [0.25, 0.3) is 10.9 Å². The zero-order valence-electron chi connectivity index (χ0n) is 20.0. The number of aryl methyl sites for hydroxylation is 1. The number of nitrogens with zero attached hydrogens (tertiary/aromatic N) is 5. The van der Waals surface area contributed by atoms with Gasteiger partial charge in [-0.1, -0.05) is 26.0 Å². The Bertz CT molecular complexity index is 1270. The van der Waals surface area contributed by atoms with Crippen molar-refractivity contribution in [2.75, 3.05) is 0 Å². The predicted octanol–water partition coefficient (Wildman–Crippen LogP) is 4.71. The van der Waals surface area contributed by atoms with Crippen molar-refractivity contribution in [3.05, 3.63) is 75.7 Å². The Morgan fingerprint density at radius 3 is 2.70 bits per heavy atom. The van der Waals surface area contributed by atoms with E-state index in [9.17, 15) is 4.79 Å². The van der Waals surface area contributed by atoms with Gasteiger partial charge < -0.3 is 9.40 Å². The molecule has 0 saturated heterocycles. The van der Waals surface area contributed by atoms with Gasteiger partial charge in [0, 0.05) is 17.6 Å². The van der Waals surface area contributed by atoms with Gasteiger partial charge in [0.2, 0.25) is 0 Å². The summed E-state index contributed by atoms with van der Waals surface area (Å²) in [7, 11) is 0. The molecule has 0 bridgehead atoms. The Kier molecular flexibility index (Phi) is 6.47. The lowest BCUT2D eigenvalue weighted by Gasteiger charge is -2.32. The maximum atomic E-state index is 13.0. The van der Waals surface area contributed by atoms with Crippen LogP contribution in [0.3, 0.4) is 0 Å². The van der Waals surface area contributed by atoms with Crippen molar-refractivity contribution in [3.63, 3.8) is 0 Å². The number of pyridine rings is 1. The quantitative estimate of drug-likeness (QED) is 0.398. The summed E-state index contributed by atoms with van der Waals surface area (Å²) in [5.41, 5.74) is 2.36. The smallest absolute Gasteiger partial charge is 0.252 e. The van der Waals surface area contributed by atoms with Crippen LogP contribution in [0.5, 0.6) is 0 Å². The van der Waals surface area contributed by atoms with Gasteiger partial charge in [0.25, 0.3) is 5.56 Å². The van der Waals surface area contributed by atoms with Crippen molar-refractivity contribution >= 4 is 10.9 Å². The first-order valence-corrected chi connectivity index (χ1v) is 11.5. The molecule has 3 heterocycles. The van der Waals surface area contributed by atoms with E-state index in [-0.39, 0.29) is 17.1 Å². The van der Waals surface area contributed by atoms with Crippen LogP contribution in [0.2, 0.25) is 0 Å². The van der Waals surface area contributed by atoms with Crippen molar-refractivity contribution in [1.29, 1.82) is 0 Å². The van der Waals surface area contributed by atoms with E-state index >= 15 is 0 Å². The van der Waals surface area contributed by atoms with Crippen molar-refractivity contribution in [1.82, 2.24) is 30.1 Å². The number of aromatic nitrogens is 5. The molecule has 0 spiro atoms. The lowest BCUT2D eigenvalue weighted by molar-refractivity contribution is 0.140. The van der Waals surface area contributed by atoms with Crippen molar-refractivity contribution in [2.24, 2.45) is 0 Å². The van der Waals surface area contributed by atoms with Gasteiger partial charge in [-0.15, -0.1) is 5.10 Å². The number of rotatable bonds is 9. The molecule has 1 atom stereocenters. The molecule has 0 unspecified atom stereocenters. The van der Waals surface area contributed by atoms with Gasteiger partial charge in [-0.2, -0.15) is 0 Å². The van der Waals surface area contributed by atoms with E-state index in [0.717, 1.165) is 40.9 Å². The highest BCUT2D eigenvalue weighted by Crippen LogP contribution is 2.30. The molecule has 8 heteroatoms. The first-order chi connectivity index (χ1) is 15.8. The average Bonchev–Trinajstić information content (AvgIpc) is 3.47. The molecule has 4 rings (SSSR count). The second-order valence-corrected chi connectivity index (χ2v) is 9.24. The molecular weight excluding hydrogens is 416 g/mol. The molecular formula is C25H32N6O2. The van der Waals surface area contributed by atoms with Gasteiger partial charge in [-0.25, -0.2) is 4.68 Å². The topological polar surface area (TPSA) is 92.8 Å². The summed E-state index contributed by atoms with van der Waals surface area (Å²) < 4.78 is 7.58. The van der Waals surface area contributed by atoms with E-state index in [2.05, 4.69) is 59.2 Å². The minimum absolute atomic E-state index is 0.0825. The van der Waals surface area contributed by atoms with Gasteiger partial charge in [0.15, 0.2) is 5.82 Å². The Balaban J connectivity index is 1.75. The highest BCUT2D eigenvalue weighted by molar-refractivity contribution is 5.79. The lowest BCUT2D eigenvalue weighted by Crippen LogP contribution is -2.36. The number of benzene rings is 1. The minimum atomic E-state index is -0.221. The molecule has 0 aliphatic heterocycles. The summed E-state index contributed by atoms with van der Waals surface area (Å²) in [5, 5.41) is 13.8. The Hall–Kier alpha value is -3.26. The molecule has 0 aliphatic rings. The number of hydrogen-bond acceptors (Lipinski definition) is 6. The molecule has 4 aromatic rings. The Morgan fingerprint density at radius 2 is 2.00 bits per heavy atom. The lowest BCUT2D eigenvalue weighted by atomic mass is 10.0. The van der Waals surface area contributed by atoms with Crippen LogP contribution < -0.4 is 5.56 Å². The maximum absolute atomic E-state index is 13.0. The molecule has 1 N–H and O–H groups in total. The molecule has 8 nitrogen and oxygen atoms in total. The van der Waals surface area contributed by atoms with Crippen LogP contribution in [0, 0.1) is 6.92 Å². The van der Waals surface area contributed by atoms with E-state index in [1.807, 2.05) is 41.9 Å². The van der Waals surface area contributed by atoms with Crippen LogP contribution in [0.1, 0.15) is 69.3 Å². The standard InChI is InChI=1S/C25H32N6O2/c1-6-22(23-27-28-29-31(23)25(4,5)7-2)30(16-20-9-8-12-33-20)15-19-14-18-11-10-17(3)13-21(18)26-24(19)32/h8-14,22H,6-7,15-16H2,1-5H3,(H,26,32)/t22-/m1/s1. The van der Waals surface area contributed by atoms with Crippen LogP contribution in [0.15, 0.2) is 51.9 Å². The second-order valence-electron chi connectivity index (χ2n) is 9.24. The number of hydrogen-bond donors (Lipinski definition) is 1. The first kappa shape index (κ1) is 22.9. The third-order valence-electron chi connectivity index (χ3n) is 6.45. The zero-order valence-corrected chi connectivity index (χ0v) is 20.0. The summed E-state index contributed by atoms with van der Waals surface area (Å²) in [6.07, 6.45) is 3.35. The van der Waals surface area contributed by atoms with Crippen molar-refractivity contribution < 1.29 is 4.42 Å². The van der Waals surface area contributed by atoms with E-state index in [0.29, 0.717) is 18.7 Å². The van der Waals surface area contributed by atoms with E-state index in [1.54, 1.807) is 6.26 Å². The largest absolute Gasteiger partial charge is 0.468 e. The minimum Gasteiger partial charge on any atom is -0.468 e. The molecule has 3 aromatic heterocycles. The summed E-state index contributed by atoms with van der Waals surface area (Å²) in [6.45, 7) is 11.5. The second kappa shape index (κ2) is 9.31. The van der Waals surface area contributed by atoms with Gasteiger partial charge in [-0.05, 0) is 79.3 Å². The molecule has 33 heavy (non-hydrogen) atoms. The highest BCUT2D eigenvalue weighted by atomic mass is 16.3. The van der Waals surface area contributed by atoms with Crippen LogP contribution >= 0.6 is 0 Å². The van der Waals surface area contributed by atoms with Gasteiger partial charge in [0.05, 0.1) is 24.4 Å². The Labute approximate surface area is 193 Å². The fourth-order valence-corrected chi connectivity index (χ4v) is 4.16. The first-order valence-electron chi connectivity index (χ1n) is 11.5. The summed E-state index contributed by atoms with van der Waals surface area (Å²) >= 11 is 0. The van der Waals surface area contributed by atoms with E-state index in [1.165, 1.54) is 0 Å². The van der Waals surface area contributed by atoms with E-state index < -0.39 is 0 Å². The van der Waals surface area contributed by atoms with Gasteiger partial charge in [-0.3, -0.25) is 9.69 Å². The van der Waals surface area contributed by atoms with Crippen LogP contribution in [0.4, 0.5) is 0 Å². The Morgan fingerprint density at radius 1 is 1.18 bits per heavy atom. The van der Waals surface area contributed by atoms with Crippen LogP contribution in [-0.4, -0.2) is 30.1 Å². The predicted molar refractivity (Wildman–Crippen MR) is 128 cm³/mol. The average molecular weight is 449 g/mol. The molecule has 0 amide bonds. The fourth-order valence-electron chi connectivity index (χ4n) is 4.16. The molecule has 174 valence electrons. The molecule has 0 fully saturated rings. The summed E-state index contributed by atoms with van der Waals surface area (Å²) in [6, 6.07) is 11.8. The maximum Gasteiger partial charge on any atom is 0.252 e. The number of fused-ring (bicyclic) bond motifs is 1. The highest BCUT2D eigenvalue weighted by Gasteiger charge is 2.31. The fraction of sp³-hybridized carbons (Fsp3) is 0.440. The summed E-state index contributed by atoms with van der Waals surface area (Å²) in [5.74, 6) is 1.62. The van der Waals surface area contributed by atoms with Gasteiger partial charge in [0.1, 0.15) is 5.76 Å². The zero-order chi connectivity index (χ0) is 23.6. The SMILES string of the molecule is CC[C@H](c1nnnn1C(C)(C)CC)N(Cc1ccco1)Cc1cc2ccc(C)cc2[nH]c1=O. The van der Waals surface area contributed by atoms with E-state index in [4.69, 9.17) is 4.42 Å². The van der Waals surface area contributed by atoms with Crippen molar-refractivity contribution in [3.8, 4) is 0 Å². The molecule has 0 aliphatic carbocycles. The third kappa shape index (κ3) is 4.75. The third-order valence-corrected chi connectivity index (χ3v) is 6.45.